The highest BCUT2D eigenvalue weighted by Crippen LogP contribution is 2.42. The second-order valence-corrected chi connectivity index (χ2v) is 7.43. The van der Waals surface area contributed by atoms with Crippen LogP contribution in [0.25, 0.3) is 5.69 Å². The monoisotopic (exact) mass is 310 g/mol. The number of hydrogen-bond acceptors (Lipinski definition) is 1. The van der Waals surface area contributed by atoms with E-state index in [1.807, 2.05) is 30.5 Å². The number of nitrogens with one attached hydrogen (secondary N) is 1. The molecule has 0 aliphatic heterocycles. The molecule has 1 N–H and O–H groups in total. The molecule has 1 saturated carbocycles. The highest BCUT2D eigenvalue weighted by Gasteiger charge is 2.34. The lowest BCUT2D eigenvalue weighted by atomic mass is 9.82. The molecule has 1 unspecified atom stereocenters. The maximum atomic E-state index is 12.3. The largest absolute Gasteiger partial charge is 0.352 e. The lowest BCUT2D eigenvalue weighted by molar-refractivity contribution is 0.0937. The van der Waals surface area contributed by atoms with Crippen molar-refractivity contribution >= 4 is 5.91 Å². The SMILES string of the molecule is Cc1ccn(-c2ccc(C(=O)NCC3CCCC3(C)C)cc2)c1. The molecule has 1 fully saturated rings. The highest BCUT2D eigenvalue weighted by molar-refractivity contribution is 5.94. The van der Waals surface area contributed by atoms with E-state index in [9.17, 15) is 4.79 Å². The second-order valence-electron chi connectivity index (χ2n) is 7.43. The van der Waals surface area contributed by atoms with Crippen molar-refractivity contribution in [3.63, 3.8) is 0 Å². The number of aryl methyl sites for hydroxylation is 1. The Labute approximate surface area is 138 Å². The minimum atomic E-state index is 0.0305. The fraction of sp³-hybridized carbons (Fsp3) is 0.450. The van der Waals surface area contributed by atoms with Gasteiger partial charge in [0.05, 0.1) is 0 Å². The Kier molecular flexibility index (Phi) is 4.29. The van der Waals surface area contributed by atoms with Crippen molar-refractivity contribution in [2.24, 2.45) is 11.3 Å². The Hall–Kier alpha value is -2.03. The topological polar surface area (TPSA) is 34.0 Å². The number of benzene rings is 1. The molecule has 0 spiro atoms. The first-order chi connectivity index (χ1) is 11.0. The van der Waals surface area contributed by atoms with E-state index in [-0.39, 0.29) is 5.91 Å². The first-order valence-corrected chi connectivity index (χ1v) is 8.49. The van der Waals surface area contributed by atoms with E-state index in [0.29, 0.717) is 11.3 Å². The number of carbonyl (C=O) groups is 1. The molecule has 0 bridgehead atoms. The Balaban J connectivity index is 1.62. The Morgan fingerprint density at radius 3 is 2.57 bits per heavy atom. The molecule has 3 nitrogen and oxygen atoms in total. The quantitative estimate of drug-likeness (QED) is 0.895. The van der Waals surface area contributed by atoms with Crippen LogP contribution in [0.2, 0.25) is 0 Å². The number of amides is 1. The minimum Gasteiger partial charge on any atom is -0.352 e. The summed E-state index contributed by atoms with van der Waals surface area (Å²) in [6.45, 7) is 7.47. The van der Waals surface area contributed by atoms with Gasteiger partial charge < -0.3 is 9.88 Å². The maximum Gasteiger partial charge on any atom is 0.251 e. The molecule has 0 radical (unpaired) electrons. The maximum absolute atomic E-state index is 12.3. The normalized spacial score (nSPS) is 19.7. The first kappa shape index (κ1) is 15.9. The summed E-state index contributed by atoms with van der Waals surface area (Å²) in [5, 5.41) is 3.11. The van der Waals surface area contributed by atoms with Crippen molar-refractivity contribution in [1.29, 1.82) is 0 Å². The molecule has 1 aromatic carbocycles. The van der Waals surface area contributed by atoms with Gasteiger partial charge in [-0.3, -0.25) is 4.79 Å². The van der Waals surface area contributed by atoms with Crippen molar-refractivity contribution in [3.8, 4) is 5.69 Å². The molecule has 1 atom stereocenters. The number of nitrogens with zero attached hydrogens (tertiary/aromatic N) is 1. The third-order valence-electron chi connectivity index (χ3n) is 5.26. The molecule has 2 aromatic rings. The Bertz CT molecular complexity index is 682. The average Bonchev–Trinajstić information content (AvgIpc) is 3.10. The van der Waals surface area contributed by atoms with Crippen molar-refractivity contribution < 1.29 is 4.79 Å². The van der Waals surface area contributed by atoms with Crippen molar-refractivity contribution in [1.82, 2.24) is 9.88 Å². The molecule has 1 aliphatic carbocycles. The van der Waals surface area contributed by atoms with Crippen LogP contribution in [0.15, 0.2) is 42.7 Å². The van der Waals surface area contributed by atoms with Gasteiger partial charge in [-0.15, -0.1) is 0 Å². The second kappa shape index (κ2) is 6.23. The summed E-state index contributed by atoms with van der Waals surface area (Å²) < 4.78 is 2.07. The van der Waals surface area contributed by atoms with Crippen molar-refractivity contribution in [2.45, 2.75) is 40.0 Å². The molecular weight excluding hydrogens is 284 g/mol. The lowest BCUT2D eigenvalue weighted by Crippen LogP contribution is -2.33. The summed E-state index contributed by atoms with van der Waals surface area (Å²) >= 11 is 0. The van der Waals surface area contributed by atoms with Crippen LogP contribution in [0.1, 0.15) is 49.0 Å². The summed E-state index contributed by atoms with van der Waals surface area (Å²) in [5.74, 6) is 0.622. The van der Waals surface area contributed by atoms with Crippen LogP contribution in [0.4, 0.5) is 0 Å². The number of aromatic nitrogens is 1. The van der Waals surface area contributed by atoms with E-state index in [4.69, 9.17) is 0 Å². The van der Waals surface area contributed by atoms with E-state index >= 15 is 0 Å². The molecular formula is C20H26N2O. The van der Waals surface area contributed by atoms with Crippen LogP contribution in [0.3, 0.4) is 0 Å². The lowest BCUT2D eigenvalue weighted by Gasteiger charge is -2.27. The molecule has 0 saturated heterocycles. The van der Waals surface area contributed by atoms with Crippen molar-refractivity contribution in [3.05, 3.63) is 53.9 Å². The van der Waals surface area contributed by atoms with Crippen LogP contribution >= 0.6 is 0 Å². The molecule has 122 valence electrons. The van der Waals surface area contributed by atoms with Crippen LogP contribution < -0.4 is 5.32 Å². The van der Waals surface area contributed by atoms with E-state index in [2.05, 4.69) is 42.9 Å². The van der Waals surface area contributed by atoms with E-state index in [1.54, 1.807) is 0 Å². The van der Waals surface area contributed by atoms with E-state index in [0.717, 1.165) is 17.8 Å². The molecule has 3 heteroatoms. The fourth-order valence-electron chi connectivity index (χ4n) is 3.54. The third kappa shape index (κ3) is 3.49. The van der Waals surface area contributed by atoms with Gasteiger partial charge in [-0.1, -0.05) is 20.3 Å². The highest BCUT2D eigenvalue weighted by atomic mass is 16.1. The molecule has 3 rings (SSSR count). The van der Waals surface area contributed by atoms with Gasteiger partial charge in [0.15, 0.2) is 0 Å². The zero-order chi connectivity index (χ0) is 16.4. The van der Waals surface area contributed by atoms with E-state index in [1.165, 1.54) is 24.8 Å². The standard InChI is InChI=1S/C20H26N2O/c1-15-10-12-22(14-15)18-8-6-16(7-9-18)19(23)21-13-17-5-4-11-20(17,2)3/h6-10,12,14,17H,4-5,11,13H2,1-3H3,(H,21,23). The van der Waals surface area contributed by atoms with Crippen LogP contribution in [0.5, 0.6) is 0 Å². The van der Waals surface area contributed by atoms with Gasteiger partial charge in [0.25, 0.3) is 5.91 Å². The van der Waals surface area contributed by atoms with Crippen LogP contribution in [-0.2, 0) is 0 Å². The molecule has 1 aliphatic rings. The third-order valence-corrected chi connectivity index (χ3v) is 5.26. The summed E-state index contributed by atoms with van der Waals surface area (Å²) in [4.78, 5) is 12.3. The zero-order valence-electron chi connectivity index (χ0n) is 14.3. The zero-order valence-corrected chi connectivity index (χ0v) is 14.3. The van der Waals surface area contributed by atoms with Crippen LogP contribution in [-0.4, -0.2) is 17.0 Å². The predicted molar refractivity (Wildman–Crippen MR) is 94.0 cm³/mol. The smallest absolute Gasteiger partial charge is 0.251 e. The minimum absolute atomic E-state index is 0.0305. The molecule has 1 heterocycles. The predicted octanol–water partition coefficient (Wildman–Crippen LogP) is 4.34. The number of carbonyl (C=O) groups excluding carboxylic acids is 1. The molecule has 1 amide bonds. The Morgan fingerprint density at radius 2 is 2.00 bits per heavy atom. The average molecular weight is 310 g/mol. The van der Waals surface area contributed by atoms with Gasteiger partial charge in [0.1, 0.15) is 0 Å². The van der Waals surface area contributed by atoms with Gasteiger partial charge in [-0.2, -0.15) is 0 Å². The van der Waals surface area contributed by atoms with Gasteiger partial charge in [0, 0.05) is 30.2 Å². The number of rotatable bonds is 4. The van der Waals surface area contributed by atoms with Gasteiger partial charge in [-0.05, 0) is 67.0 Å². The summed E-state index contributed by atoms with van der Waals surface area (Å²) in [6.07, 6.45) is 7.88. The van der Waals surface area contributed by atoms with Gasteiger partial charge >= 0.3 is 0 Å². The summed E-state index contributed by atoms with van der Waals surface area (Å²) in [5.41, 5.74) is 3.38. The first-order valence-electron chi connectivity index (χ1n) is 8.49. The summed E-state index contributed by atoms with van der Waals surface area (Å²) in [6, 6.07) is 9.87. The molecule has 1 aromatic heterocycles. The Morgan fingerprint density at radius 1 is 1.26 bits per heavy atom. The molecule has 23 heavy (non-hydrogen) atoms. The van der Waals surface area contributed by atoms with Crippen LogP contribution in [0, 0.1) is 18.3 Å². The van der Waals surface area contributed by atoms with E-state index < -0.39 is 0 Å². The van der Waals surface area contributed by atoms with Gasteiger partial charge in [-0.25, -0.2) is 0 Å². The van der Waals surface area contributed by atoms with Gasteiger partial charge in [0.2, 0.25) is 0 Å². The summed E-state index contributed by atoms with van der Waals surface area (Å²) in [7, 11) is 0. The number of hydrogen-bond donors (Lipinski definition) is 1. The van der Waals surface area contributed by atoms with Crippen molar-refractivity contribution in [2.75, 3.05) is 6.54 Å². The fourth-order valence-corrected chi connectivity index (χ4v) is 3.54.